The Balaban J connectivity index is 1.45. The zero-order valence-corrected chi connectivity index (χ0v) is 16.9. The summed E-state index contributed by atoms with van der Waals surface area (Å²) in [5.74, 6) is -0.145. The maximum Gasteiger partial charge on any atom is 0.326 e. The molecule has 1 amide bonds. The van der Waals surface area contributed by atoms with Gasteiger partial charge in [0.15, 0.2) is 17.7 Å². The quantitative estimate of drug-likeness (QED) is 0.619. The molecule has 0 saturated heterocycles. The Kier molecular flexibility index (Phi) is 5.23. The number of aryl methyl sites for hydroxylation is 1. The first-order chi connectivity index (χ1) is 13.9. The Labute approximate surface area is 170 Å². The summed E-state index contributed by atoms with van der Waals surface area (Å²) in [5, 5.41) is 3.08. The maximum absolute atomic E-state index is 12.7. The van der Waals surface area contributed by atoms with Crippen molar-refractivity contribution in [3.63, 3.8) is 0 Å². The fourth-order valence-electron chi connectivity index (χ4n) is 3.50. The minimum atomic E-state index is -0.752. The topological polar surface area (TPSA) is 114 Å². The highest BCUT2D eigenvalue weighted by molar-refractivity contribution is 7.18. The molecule has 2 atom stereocenters. The second-order valence-electron chi connectivity index (χ2n) is 7.28. The van der Waals surface area contributed by atoms with Crippen LogP contribution in [0.15, 0.2) is 27.6 Å². The Hall–Kier alpha value is -2.94. The summed E-state index contributed by atoms with van der Waals surface area (Å²) < 4.78 is 10.3. The predicted molar refractivity (Wildman–Crippen MR) is 107 cm³/mol. The number of nitrogens with zero attached hydrogens (tertiary/aromatic N) is 1. The average Bonchev–Trinajstić information content (AvgIpc) is 3.33. The number of fused-ring (bicyclic) bond motifs is 3. The Morgan fingerprint density at radius 3 is 3.07 bits per heavy atom. The third kappa shape index (κ3) is 3.95. The Bertz CT molecular complexity index is 1120. The van der Waals surface area contributed by atoms with E-state index in [0.29, 0.717) is 22.0 Å². The number of hydrogen-bond acceptors (Lipinski definition) is 7. The highest BCUT2D eigenvalue weighted by Gasteiger charge is 2.24. The lowest BCUT2D eigenvalue weighted by Gasteiger charge is -2.17. The number of furan rings is 1. The van der Waals surface area contributed by atoms with Gasteiger partial charge >= 0.3 is 5.97 Å². The molecule has 0 bridgehead atoms. The number of amides is 1. The van der Waals surface area contributed by atoms with Gasteiger partial charge in [-0.1, -0.05) is 6.92 Å². The van der Waals surface area contributed by atoms with Crippen LogP contribution in [0.2, 0.25) is 0 Å². The van der Waals surface area contributed by atoms with E-state index < -0.39 is 18.0 Å². The molecule has 0 fully saturated rings. The van der Waals surface area contributed by atoms with Crippen molar-refractivity contribution in [3.8, 4) is 0 Å². The van der Waals surface area contributed by atoms with Gasteiger partial charge in [0.05, 0.1) is 11.6 Å². The number of carbonyl (C=O) groups is 2. The molecular formula is C20H21N3O5S. The van der Waals surface area contributed by atoms with Gasteiger partial charge in [-0.2, -0.15) is 0 Å². The van der Waals surface area contributed by atoms with Crippen LogP contribution in [0.4, 0.5) is 0 Å². The molecule has 0 aliphatic heterocycles. The van der Waals surface area contributed by atoms with Gasteiger partial charge in [0.1, 0.15) is 11.4 Å². The van der Waals surface area contributed by atoms with E-state index in [2.05, 4.69) is 22.2 Å². The van der Waals surface area contributed by atoms with Gasteiger partial charge in [-0.25, -0.2) is 4.98 Å². The summed E-state index contributed by atoms with van der Waals surface area (Å²) in [5.41, 5.74) is 0.903. The van der Waals surface area contributed by atoms with Gasteiger partial charge in [0.2, 0.25) is 0 Å². The largest absolute Gasteiger partial charge is 0.459 e. The normalized spacial score (nSPS) is 17.0. The summed E-state index contributed by atoms with van der Waals surface area (Å²) in [6.45, 7) is 3.52. The van der Waals surface area contributed by atoms with Crippen molar-refractivity contribution >= 4 is 33.4 Å². The van der Waals surface area contributed by atoms with Crippen molar-refractivity contribution in [1.29, 1.82) is 0 Å². The van der Waals surface area contributed by atoms with Crippen LogP contribution >= 0.6 is 11.3 Å². The van der Waals surface area contributed by atoms with Gasteiger partial charge in [0.25, 0.3) is 11.5 Å². The third-order valence-electron chi connectivity index (χ3n) is 5.02. The van der Waals surface area contributed by atoms with Gasteiger partial charge in [0, 0.05) is 4.88 Å². The lowest BCUT2D eigenvalue weighted by molar-refractivity contribution is -0.147. The summed E-state index contributed by atoms with van der Waals surface area (Å²) in [4.78, 5) is 45.7. The molecular weight excluding hydrogens is 394 g/mol. The molecule has 1 aliphatic carbocycles. The number of aromatic amines is 1. The van der Waals surface area contributed by atoms with Crippen molar-refractivity contribution < 1.29 is 18.7 Å². The van der Waals surface area contributed by atoms with Crippen LogP contribution in [-0.4, -0.2) is 28.4 Å². The number of nitrogens with one attached hydrogen (secondary N) is 2. The molecule has 9 heteroatoms. The molecule has 2 N–H and O–H groups in total. The van der Waals surface area contributed by atoms with Crippen LogP contribution in [0.5, 0.6) is 0 Å². The van der Waals surface area contributed by atoms with E-state index in [1.165, 1.54) is 17.2 Å². The number of thiophene rings is 1. The number of esters is 1. The number of rotatable bonds is 5. The first kappa shape index (κ1) is 19.4. The summed E-state index contributed by atoms with van der Waals surface area (Å²) in [7, 11) is 0. The van der Waals surface area contributed by atoms with Crippen LogP contribution in [0.3, 0.4) is 0 Å². The van der Waals surface area contributed by atoms with Gasteiger partial charge in [-0.15, -0.1) is 11.3 Å². The van der Waals surface area contributed by atoms with E-state index in [1.54, 1.807) is 24.3 Å². The molecule has 152 valence electrons. The highest BCUT2D eigenvalue weighted by atomic mass is 32.1. The number of aromatic nitrogens is 2. The standard InChI is InChI=1S/C20H21N3O5S/c1-10-5-6-12-14(8-10)29-20-16(12)19(26)22-17(23-20)11(2)28-15(24)9-21-18(25)13-4-3-7-27-13/h3-4,7,10-11H,5-6,8-9H2,1-2H3,(H,21,25)(H,22,23,26)/t10-,11+/m0/s1. The molecule has 0 unspecified atom stereocenters. The van der Waals surface area contributed by atoms with Crippen molar-refractivity contribution in [3.05, 3.63) is 50.8 Å². The van der Waals surface area contributed by atoms with Gasteiger partial charge < -0.3 is 19.5 Å². The summed E-state index contributed by atoms with van der Waals surface area (Å²) in [6, 6.07) is 3.07. The van der Waals surface area contributed by atoms with Crippen LogP contribution in [0.25, 0.3) is 10.2 Å². The first-order valence-electron chi connectivity index (χ1n) is 9.48. The molecule has 0 saturated carbocycles. The van der Waals surface area contributed by atoms with E-state index >= 15 is 0 Å². The van der Waals surface area contributed by atoms with Gasteiger partial charge in [-0.05, 0) is 49.8 Å². The van der Waals surface area contributed by atoms with Crippen LogP contribution in [-0.2, 0) is 22.4 Å². The average molecular weight is 415 g/mol. The van der Waals surface area contributed by atoms with E-state index in [0.717, 1.165) is 24.8 Å². The molecule has 0 radical (unpaired) electrons. The fourth-order valence-corrected chi connectivity index (χ4v) is 4.89. The van der Waals surface area contributed by atoms with Crippen LogP contribution in [0, 0.1) is 5.92 Å². The van der Waals surface area contributed by atoms with Crippen LogP contribution in [0.1, 0.15) is 53.2 Å². The van der Waals surface area contributed by atoms with Gasteiger partial charge in [-0.3, -0.25) is 14.4 Å². The second-order valence-corrected chi connectivity index (χ2v) is 8.36. The van der Waals surface area contributed by atoms with E-state index in [4.69, 9.17) is 9.15 Å². The van der Waals surface area contributed by atoms with E-state index in [1.807, 2.05) is 0 Å². The smallest absolute Gasteiger partial charge is 0.326 e. The van der Waals surface area contributed by atoms with Crippen molar-refractivity contribution in [2.75, 3.05) is 6.54 Å². The second kappa shape index (κ2) is 7.82. The molecule has 3 aromatic heterocycles. The number of hydrogen-bond donors (Lipinski definition) is 2. The lowest BCUT2D eigenvalue weighted by Crippen LogP contribution is -2.31. The lowest BCUT2D eigenvalue weighted by atomic mass is 9.89. The molecule has 29 heavy (non-hydrogen) atoms. The Morgan fingerprint density at radius 1 is 1.48 bits per heavy atom. The first-order valence-corrected chi connectivity index (χ1v) is 10.3. The van der Waals surface area contributed by atoms with Crippen molar-refractivity contribution in [2.45, 2.75) is 39.2 Å². The zero-order valence-electron chi connectivity index (χ0n) is 16.1. The molecule has 3 aromatic rings. The van der Waals surface area contributed by atoms with Crippen molar-refractivity contribution in [1.82, 2.24) is 15.3 Å². The predicted octanol–water partition coefficient (Wildman–Crippen LogP) is 2.74. The van der Waals surface area contributed by atoms with Crippen LogP contribution < -0.4 is 10.9 Å². The fraction of sp³-hybridized carbons (Fsp3) is 0.400. The molecule has 1 aliphatic rings. The number of carbonyl (C=O) groups excluding carboxylic acids is 2. The molecule has 8 nitrogen and oxygen atoms in total. The third-order valence-corrected chi connectivity index (χ3v) is 6.16. The molecule has 3 heterocycles. The SMILES string of the molecule is C[C@H]1CCc2c(sc3nc([C@@H](C)OC(=O)CNC(=O)c4ccco4)[nH]c(=O)c23)C1. The van der Waals surface area contributed by atoms with Crippen molar-refractivity contribution in [2.24, 2.45) is 5.92 Å². The Morgan fingerprint density at radius 2 is 2.31 bits per heavy atom. The highest BCUT2D eigenvalue weighted by Crippen LogP contribution is 2.35. The minimum Gasteiger partial charge on any atom is -0.459 e. The maximum atomic E-state index is 12.7. The monoisotopic (exact) mass is 415 g/mol. The summed E-state index contributed by atoms with van der Waals surface area (Å²) in [6.07, 6.45) is 3.54. The number of ether oxygens (including phenoxy) is 1. The summed E-state index contributed by atoms with van der Waals surface area (Å²) >= 11 is 1.54. The van der Waals surface area contributed by atoms with E-state index in [-0.39, 0.29) is 17.9 Å². The van der Waals surface area contributed by atoms with E-state index in [9.17, 15) is 14.4 Å². The molecule has 0 spiro atoms. The molecule has 4 rings (SSSR count). The zero-order chi connectivity index (χ0) is 20.5. The number of H-pyrrole nitrogens is 1. The minimum absolute atomic E-state index is 0.110. The molecule has 0 aromatic carbocycles.